The highest BCUT2D eigenvalue weighted by Gasteiger charge is 2.39. The molecule has 0 spiro atoms. The van der Waals surface area contributed by atoms with E-state index in [4.69, 9.17) is 0 Å². The Balaban J connectivity index is 1.39. The van der Waals surface area contributed by atoms with Gasteiger partial charge in [0.15, 0.2) is 0 Å². The fraction of sp³-hybridized carbons (Fsp3) is 0.462. The number of nitrogens with one attached hydrogen (secondary N) is 1. The van der Waals surface area contributed by atoms with Crippen molar-refractivity contribution in [1.29, 1.82) is 0 Å². The van der Waals surface area contributed by atoms with Crippen molar-refractivity contribution in [2.75, 3.05) is 25.0 Å². The molecule has 2 amide bonds. The van der Waals surface area contributed by atoms with Gasteiger partial charge in [0.1, 0.15) is 6.04 Å². The Morgan fingerprint density at radius 2 is 1.53 bits per heavy atom. The summed E-state index contributed by atoms with van der Waals surface area (Å²) in [6.07, 6.45) is 2.36. The molecule has 34 heavy (non-hydrogen) atoms. The van der Waals surface area contributed by atoms with Crippen LogP contribution in [0.3, 0.4) is 0 Å². The number of amides is 2. The highest BCUT2D eigenvalue weighted by Crippen LogP contribution is 2.29. The number of benzene rings is 2. The van der Waals surface area contributed by atoms with Gasteiger partial charge in [0, 0.05) is 31.2 Å². The van der Waals surface area contributed by atoms with Crippen LogP contribution in [-0.2, 0) is 19.6 Å². The van der Waals surface area contributed by atoms with E-state index in [1.807, 2.05) is 39.0 Å². The second kappa shape index (κ2) is 9.88. The Kier molecular flexibility index (Phi) is 7.09. The highest BCUT2D eigenvalue weighted by atomic mass is 32.2. The SMILES string of the molecule is Cc1ccc(S(=O)(=O)N2CCC(C(=O)N3CCC[C@H]3C(=O)Nc3cc(C)ccc3C)CC2)cc1. The first-order chi connectivity index (χ1) is 16.2. The van der Waals surface area contributed by atoms with Crippen LogP contribution >= 0.6 is 0 Å². The van der Waals surface area contributed by atoms with E-state index >= 15 is 0 Å². The van der Waals surface area contributed by atoms with E-state index in [9.17, 15) is 18.0 Å². The second-order valence-corrected chi connectivity index (χ2v) is 11.4. The molecule has 2 fully saturated rings. The summed E-state index contributed by atoms with van der Waals surface area (Å²) in [7, 11) is -3.57. The molecule has 1 N–H and O–H groups in total. The van der Waals surface area contributed by atoms with Crippen LogP contribution in [0.1, 0.15) is 42.4 Å². The number of piperidine rings is 1. The molecule has 0 aromatic heterocycles. The molecule has 1 atom stereocenters. The van der Waals surface area contributed by atoms with E-state index < -0.39 is 16.1 Å². The lowest BCUT2D eigenvalue weighted by molar-refractivity contribution is -0.141. The molecular formula is C26H33N3O4S. The van der Waals surface area contributed by atoms with Gasteiger partial charge in [-0.3, -0.25) is 9.59 Å². The third-order valence-corrected chi connectivity index (χ3v) is 8.86. The normalized spacial score (nSPS) is 19.9. The van der Waals surface area contributed by atoms with Crippen LogP contribution in [0, 0.1) is 26.7 Å². The predicted molar refractivity (Wildman–Crippen MR) is 132 cm³/mol. The van der Waals surface area contributed by atoms with E-state index in [1.54, 1.807) is 29.2 Å². The first-order valence-corrected chi connectivity index (χ1v) is 13.4. The van der Waals surface area contributed by atoms with Crippen LogP contribution in [0.5, 0.6) is 0 Å². The molecule has 2 heterocycles. The predicted octanol–water partition coefficient (Wildman–Crippen LogP) is 3.64. The molecule has 0 aliphatic carbocycles. The summed E-state index contributed by atoms with van der Waals surface area (Å²) in [6.45, 7) is 7.02. The van der Waals surface area contributed by atoms with E-state index in [0.29, 0.717) is 38.9 Å². The molecular weight excluding hydrogens is 450 g/mol. The standard InChI is InChI=1S/C26H33N3O4S/c1-18-7-10-22(11-8-18)34(32,33)28-15-12-21(13-16-28)26(31)29-14-4-5-24(29)25(30)27-23-17-19(2)6-9-20(23)3/h6-11,17,21,24H,4-5,12-16H2,1-3H3,(H,27,30)/t24-/m0/s1. The Morgan fingerprint density at radius 1 is 0.882 bits per heavy atom. The van der Waals surface area contributed by atoms with Gasteiger partial charge < -0.3 is 10.2 Å². The van der Waals surface area contributed by atoms with Crippen molar-refractivity contribution in [2.24, 2.45) is 5.92 Å². The van der Waals surface area contributed by atoms with Gasteiger partial charge in [-0.2, -0.15) is 4.31 Å². The van der Waals surface area contributed by atoms with Gasteiger partial charge in [-0.15, -0.1) is 0 Å². The van der Waals surface area contributed by atoms with E-state index in [1.165, 1.54) is 4.31 Å². The summed E-state index contributed by atoms with van der Waals surface area (Å²) in [5, 5.41) is 3.01. The molecule has 2 aliphatic heterocycles. The van der Waals surface area contributed by atoms with Crippen LogP contribution in [-0.4, -0.2) is 55.1 Å². The molecule has 182 valence electrons. The van der Waals surface area contributed by atoms with Gasteiger partial charge in [-0.05, 0) is 75.8 Å². The number of carbonyl (C=O) groups excluding carboxylic acids is 2. The van der Waals surface area contributed by atoms with Gasteiger partial charge in [0.05, 0.1) is 4.90 Å². The van der Waals surface area contributed by atoms with E-state index in [0.717, 1.165) is 28.8 Å². The summed E-state index contributed by atoms with van der Waals surface area (Å²) in [5.41, 5.74) is 3.83. The monoisotopic (exact) mass is 483 g/mol. The van der Waals surface area contributed by atoms with Crippen molar-refractivity contribution in [2.45, 2.75) is 57.4 Å². The van der Waals surface area contributed by atoms with Gasteiger partial charge in [-0.1, -0.05) is 29.8 Å². The number of carbonyl (C=O) groups is 2. The number of anilines is 1. The number of sulfonamides is 1. The first kappa shape index (κ1) is 24.4. The number of likely N-dealkylation sites (tertiary alicyclic amines) is 1. The van der Waals surface area contributed by atoms with Crippen molar-refractivity contribution in [3.05, 3.63) is 59.2 Å². The maximum atomic E-state index is 13.3. The third-order valence-electron chi connectivity index (χ3n) is 6.95. The third kappa shape index (κ3) is 5.03. The zero-order valence-electron chi connectivity index (χ0n) is 20.1. The molecule has 0 saturated carbocycles. The molecule has 2 aliphatic rings. The Hall–Kier alpha value is -2.71. The van der Waals surface area contributed by atoms with E-state index in [2.05, 4.69) is 5.32 Å². The number of nitrogens with zero attached hydrogens (tertiary/aromatic N) is 2. The summed E-state index contributed by atoms with van der Waals surface area (Å²) in [6, 6.07) is 12.3. The van der Waals surface area contributed by atoms with Crippen molar-refractivity contribution < 1.29 is 18.0 Å². The number of hydrogen-bond acceptors (Lipinski definition) is 4. The Labute approximate surface area is 202 Å². The molecule has 7 nitrogen and oxygen atoms in total. The maximum Gasteiger partial charge on any atom is 0.247 e. The van der Waals surface area contributed by atoms with Gasteiger partial charge in [0.2, 0.25) is 21.8 Å². The summed E-state index contributed by atoms with van der Waals surface area (Å²) < 4.78 is 27.4. The molecule has 0 bridgehead atoms. The minimum absolute atomic E-state index is 0.0361. The molecule has 2 saturated heterocycles. The van der Waals surface area contributed by atoms with Gasteiger partial charge in [0.25, 0.3) is 0 Å². The minimum Gasteiger partial charge on any atom is -0.330 e. The molecule has 0 unspecified atom stereocenters. The van der Waals surface area contributed by atoms with Gasteiger partial charge >= 0.3 is 0 Å². The number of hydrogen-bond donors (Lipinski definition) is 1. The number of aryl methyl sites for hydroxylation is 3. The zero-order chi connectivity index (χ0) is 24.5. The quantitative estimate of drug-likeness (QED) is 0.703. The van der Waals surface area contributed by atoms with Crippen molar-refractivity contribution >= 4 is 27.5 Å². The largest absolute Gasteiger partial charge is 0.330 e. The maximum absolute atomic E-state index is 13.3. The zero-order valence-corrected chi connectivity index (χ0v) is 20.9. The summed E-state index contributed by atoms with van der Waals surface area (Å²) in [4.78, 5) is 28.4. The van der Waals surface area contributed by atoms with Crippen LogP contribution < -0.4 is 5.32 Å². The lowest BCUT2D eigenvalue weighted by atomic mass is 9.96. The molecule has 4 rings (SSSR count). The fourth-order valence-corrected chi connectivity index (χ4v) is 6.30. The Morgan fingerprint density at radius 3 is 2.21 bits per heavy atom. The number of rotatable bonds is 5. The van der Waals surface area contributed by atoms with Crippen molar-refractivity contribution in [3.63, 3.8) is 0 Å². The smallest absolute Gasteiger partial charge is 0.247 e. The average Bonchev–Trinajstić information content (AvgIpc) is 3.31. The van der Waals surface area contributed by atoms with Crippen LogP contribution in [0.4, 0.5) is 5.69 Å². The van der Waals surface area contributed by atoms with E-state index in [-0.39, 0.29) is 22.6 Å². The van der Waals surface area contributed by atoms with Crippen LogP contribution in [0.25, 0.3) is 0 Å². The topological polar surface area (TPSA) is 86.8 Å². The van der Waals surface area contributed by atoms with Crippen molar-refractivity contribution in [1.82, 2.24) is 9.21 Å². The van der Waals surface area contributed by atoms with Crippen LogP contribution in [0.2, 0.25) is 0 Å². The average molecular weight is 484 g/mol. The molecule has 0 radical (unpaired) electrons. The lowest BCUT2D eigenvalue weighted by Crippen LogP contribution is -2.48. The second-order valence-electron chi connectivity index (χ2n) is 9.49. The molecule has 2 aromatic carbocycles. The summed E-state index contributed by atoms with van der Waals surface area (Å²) >= 11 is 0. The van der Waals surface area contributed by atoms with Crippen LogP contribution in [0.15, 0.2) is 47.4 Å². The lowest BCUT2D eigenvalue weighted by Gasteiger charge is -2.34. The molecule has 2 aromatic rings. The van der Waals surface area contributed by atoms with Crippen molar-refractivity contribution in [3.8, 4) is 0 Å². The minimum atomic E-state index is -3.57. The van der Waals surface area contributed by atoms with Gasteiger partial charge in [-0.25, -0.2) is 8.42 Å². The highest BCUT2D eigenvalue weighted by molar-refractivity contribution is 7.89. The fourth-order valence-electron chi connectivity index (χ4n) is 4.83. The summed E-state index contributed by atoms with van der Waals surface area (Å²) in [5.74, 6) is -0.455. The molecule has 8 heteroatoms. The Bertz CT molecular complexity index is 1170. The first-order valence-electron chi connectivity index (χ1n) is 11.9.